The number of nitrogens with one attached hydrogen (secondary N) is 1. The lowest BCUT2D eigenvalue weighted by Gasteiger charge is -2.02. The van der Waals surface area contributed by atoms with Crippen LogP contribution in [-0.4, -0.2) is 17.4 Å². The van der Waals surface area contributed by atoms with E-state index in [1.807, 2.05) is 30.3 Å². The molecule has 6 heteroatoms. The van der Waals surface area contributed by atoms with Crippen molar-refractivity contribution < 1.29 is 4.79 Å². The Bertz CT molecular complexity index is 872. The number of nitrogens with zero attached hydrogens (tertiary/aromatic N) is 1. The summed E-state index contributed by atoms with van der Waals surface area (Å²) in [7, 11) is 0. The van der Waals surface area contributed by atoms with Gasteiger partial charge in [0, 0.05) is 15.8 Å². The first-order chi connectivity index (χ1) is 10.1. The molecular weight excluding hydrogens is 306 g/mol. The normalized spacial score (nSPS) is 10.9. The van der Waals surface area contributed by atoms with Crippen LogP contribution in [0, 0.1) is 0 Å². The molecule has 0 radical (unpaired) electrons. The number of carbonyl (C=O) groups is 1. The van der Waals surface area contributed by atoms with Gasteiger partial charge in [0.2, 0.25) is 0 Å². The number of pyridine rings is 1. The molecule has 0 aliphatic heterocycles. The predicted octanol–water partition coefficient (Wildman–Crippen LogP) is 3.51. The molecule has 0 fully saturated rings. The van der Waals surface area contributed by atoms with Gasteiger partial charge in [-0.25, -0.2) is 4.98 Å². The minimum absolute atomic E-state index is 0.212. The van der Waals surface area contributed by atoms with E-state index in [9.17, 15) is 4.79 Å². The van der Waals surface area contributed by atoms with Gasteiger partial charge in [-0.15, -0.1) is 11.3 Å². The average Bonchev–Trinajstić information content (AvgIpc) is 2.79. The Balaban J connectivity index is 2.08. The van der Waals surface area contributed by atoms with E-state index in [1.54, 1.807) is 0 Å². The van der Waals surface area contributed by atoms with Crippen molar-refractivity contribution in [3.63, 3.8) is 0 Å². The van der Waals surface area contributed by atoms with Gasteiger partial charge in [0.05, 0.1) is 17.7 Å². The second kappa shape index (κ2) is 5.35. The molecule has 0 saturated carbocycles. The standard InChI is InChI=1S/C15H12ClN3OS/c1-8(16)7-18-14(20)13-12(17)10-6-9-4-2-3-5-11(9)19-15(10)21-13/h2-6H,1,7,17H2,(H,18,20). The Morgan fingerprint density at radius 3 is 2.95 bits per heavy atom. The highest BCUT2D eigenvalue weighted by atomic mass is 35.5. The first-order valence-corrected chi connectivity index (χ1v) is 7.45. The summed E-state index contributed by atoms with van der Waals surface area (Å²) < 4.78 is 0. The molecule has 0 bridgehead atoms. The van der Waals surface area contributed by atoms with Crippen molar-refractivity contribution in [1.29, 1.82) is 0 Å². The average molecular weight is 318 g/mol. The second-order valence-corrected chi connectivity index (χ2v) is 6.11. The lowest BCUT2D eigenvalue weighted by Crippen LogP contribution is -2.24. The molecule has 1 amide bonds. The summed E-state index contributed by atoms with van der Waals surface area (Å²) in [5.74, 6) is -0.263. The fourth-order valence-electron chi connectivity index (χ4n) is 2.07. The van der Waals surface area contributed by atoms with Crippen molar-refractivity contribution in [1.82, 2.24) is 10.3 Å². The predicted molar refractivity (Wildman–Crippen MR) is 88.9 cm³/mol. The van der Waals surface area contributed by atoms with Crippen LogP contribution in [-0.2, 0) is 0 Å². The van der Waals surface area contributed by atoms with Gasteiger partial charge in [-0.1, -0.05) is 36.4 Å². The molecule has 1 aromatic carbocycles. The Kier molecular flexibility index (Phi) is 3.53. The minimum atomic E-state index is -0.263. The summed E-state index contributed by atoms with van der Waals surface area (Å²) in [5.41, 5.74) is 7.42. The van der Waals surface area contributed by atoms with Crippen LogP contribution in [0.15, 0.2) is 41.9 Å². The molecule has 4 nitrogen and oxygen atoms in total. The SMILES string of the molecule is C=C(Cl)CNC(=O)c1sc2nc3ccccc3cc2c1N. The molecule has 3 aromatic rings. The summed E-state index contributed by atoms with van der Waals surface area (Å²) in [5, 5.41) is 4.84. The quantitative estimate of drug-likeness (QED) is 0.776. The van der Waals surface area contributed by atoms with Crippen molar-refractivity contribution in [2.45, 2.75) is 0 Å². The van der Waals surface area contributed by atoms with Gasteiger partial charge in [0.15, 0.2) is 0 Å². The molecule has 3 N–H and O–H groups in total. The van der Waals surface area contributed by atoms with E-state index in [0.717, 1.165) is 21.1 Å². The van der Waals surface area contributed by atoms with Gasteiger partial charge in [-0.2, -0.15) is 0 Å². The van der Waals surface area contributed by atoms with Crippen LogP contribution >= 0.6 is 22.9 Å². The summed E-state index contributed by atoms with van der Waals surface area (Å²) in [4.78, 5) is 17.9. The number of amides is 1. The van der Waals surface area contributed by atoms with Crippen LogP contribution in [0.5, 0.6) is 0 Å². The minimum Gasteiger partial charge on any atom is -0.397 e. The van der Waals surface area contributed by atoms with Crippen LogP contribution in [0.3, 0.4) is 0 Å². The molecule has 3 rings (SSSR count). The van der Waals surface area contributed by atoms with Crippen molar-refractivity contribution in [3.05, 3.63) is 46.8 Å². The molecule has 2 aromatic heterocycles. The van der Waals surface area contributed by atoms with Crippen LogP contribution in [0.25, 0.3) is 21.1 Å². The number of thiophene rings is 1. The molecule has 0 atom stereocenters. The topological polar surface area (TPSA) is 68.0 Å². The fraction of sp³-hybridized carbons (Fsp3) is 0.0667. The molecule has 0 aliphatic carbocycles. The van der Waals surface area contributed by atoms with Crippen molar-refractivity contribution in [2.75, 3.05) is 12.3 Å². The fourth-order valence-corrected chi connectivity index (χ4v) is 3.14. The number of carbonyl (C=O) groups excluding carboxylic acids is 1. The van der Waals surface area contributed by atoms with Crippen LogP contribution < -0.4 is 11.1 Å². The monoisotopic (exact) mass is 317 g/mol. The van der Waals surface area contributed by atoms with E-state index in [2.05, 4.69) is 16.9 Å². The molecule has 2 heterocycles. The number of hydrogen-bond acceptors (Lipinski definition) is 4. The first kappa shape index (κ1) is 13.9. The zero-order valence-electron chi connectivity index (χ0n) is 11.0. The van der Waals surface area contributed by atoms with Crippen LogP contribution in [0.2, 0.25) is 0 Å². The molecule has 0 unspecified atom stereocenters. The number of hydrogen-bond donors (Lipinski definition) is 2. The maximum absolute atomic E-state index is 12.1. The zero-order valence-corrected chi connectivity index (χ0v) is 12.6. The zero-order chi connectivity index (χ0) is 15.0. The number of nitrogens with two attached hydrogens (primary N) is 1. The third kappa shape index (κ3) is 2.57. The van der Waals surface area contributed by atoms with E-state index < -0.39 is 0 Å². The third-order valence-electron chi connectivity index (χ3n) is 3.07. The number of fused-ring (bicyclic) bond motifs is 2. The van der Waals surface area contributed by atoms with Gasteiger partial charge in [-0.05, 0) is 12.1 Å². The Labute approximate surface area is 130 Å². The number of para-hydroxylation sites is 1. The number of anilines is 1. The highest BCUT2D eigenvalue weighted by Crippen LogP contribution is 2.34. The Morgan fingerprint density at radius 2 is 2.19 bits per heavy atom. The van der Waals surface area contributed by atoms with Gasteiger partial charge >= 0.3 is 0 Å². The molecule has 106 valence electrons. The van der Waals surface area contributed by atoms with Gasteiger partial charge in [-0.3, -0.25) is 4.79 Å². The number of benzene rings is 1. The lowest BCUT2D eigenvalue weighted by molar-refractivity contribution is 0.0962. The summed E-state index contributed by atoms with van der Waals surface area (Å²) in [6.07, 6.45) is 0. The van der Waals surface area contributed by atoms with E-state index >= 15 is 0 Å². The Morgan fingerprint density at radius 1 is 1.43 bits per heavy atom. The van der Waals surface area contributed by atoms with Crippen molar-refractivity contribution in [2.24, 2.45) is 0 Å². The smallest absolute Gasteiger partial charge is 0.263 e. The number of aromatic nitrogens is 1. The van der Waals surface area contributed by atoms with Crippen molar-refractivity contribution >= 4 is 55.7 Å². The second-order valence-electron chi connectivity index (χ2n) is 4.58. The van der Waals surface area contributed by atoms with Gasteiger partial charge < -0.3 is 11.1 Å². The Hall–Kier alpha value is -2.11. The highest BCUT2D eigenvalue weighted by molar-refractivity contribution is 7.21. The largest absolute Gasteiger partial charge is 0.397 e. The van der Waals surface area contributed by atoms with Crippen LogP contribution in [0.4, 0.5) is 5.69 Å². The van der Waals surface area contributed by atoms with Crippen LogP contribution in [0.1, 0.15) is 9.67 Å². The number of rotatable bonds is 3. The maximum Gasteiger partial charge on any atom is 0.263 e. The maximum atomic E-state index is 12.1. The molecule has 0 aliphatic rings. The van der Waals surface area contributed by atoms with Gasteiger partial charge in [0.1, 0.15) is 9.71 Å². The first-order valence-electron chi connectivity index (χ1n) is 6.25. The van der Waals surface area contributed by atoms with E-state index in [1.165, 1.54) is 11.3 Å². The van der Waals surface area contributed by atoms with E-state index in [-0.39, 0.29) is 12.5 Å². The molecule has 0 saturated heterocycles. The molecule has 21 heavy (non-hydrogen) atoms. The third-order valence-corrected chi connectivity index (χ3v) is 4.32. The number of halogens is 1. The summed E-state index contributed by atoms with van der Waals surface area (Å²) in [6, 6.07) is 9.73. The summed E-state index contributed by atoms with van der Waals surface area (Å²) >= 11 is 6.93. The lowest BCUT2D eigenvalue weighted by atomic mass is 10.1. The molecular formula is C15H12ClN3OS. The van der Waals surface area contributed by atoms with Crippen molar-refractivity contribution in [3.8, 4) is 0 Å². The molecule has 0 spiro atoms. The number of nitrogen functional groups attached to an aromatic ring is 1. The summed E-state index contributed by atoms with van der Waals surface area (Å²) in [6.45, 7) is 3.75. The highest BCUT2D eigenvalue weighted by Gasteiger charge is 2.17. The van der Waals surface area contributed by atoms with Gasteiger partial charge in [0.25, 0.3) is 5.91 Å². The van der Waals surface area contributed by atoms with E-state index in [4.69, 9.17) is 17.3 Å². The van der Waals surface area contributed by atoms with E-state index in [0.29, 0.717) is 15.6 Å².